The van der Waals surface area contributed by atoms with Gasteiger partial charge in [0.1, 0.15) is 0 Å². The van der Waals surface area contributed by atoms with Crippen LogP contribution in [0.5, 0.6) is 0 Å². The molecular formula is C18H19NO5S. The number of esters is 1. The second kappa shape index (κ2) is 7.48. The number of hydrogen-bond acceptors (Lipinski definition) is 5. The van der Waals surface area contributed by atoms with Crippen molar-refractivity contribution >= 4 is 27.4 Å². The van der Waals surface area contributed by atoms with E-state index >= 15 is 0 Å². The molecule has 1 amide bonds. The Kier molecular flexibility index (Phi) is 5.58. The second-order valence-electron chi connectivity index (χ2n) is 5.69. The number of ether oxygens (including phenoxy) is 1. The molecule has 2 aromatic carbocycles. The number of amides is 1. The molecule has 0 saturated heterocycles. The SMILES string of the molecule is Cc1cccc(C)c1NC(=O)COC(=O)c1ccc(S(C)(=O)=O)cc1. The highest BCUT2D eigenvalue weighted by Crippen LogP contribution is 2.19. The van der Waals surface area contributed by atoms with E-state index in [1.165, 1.54) is 24.3 Å². The fraction of sp³-hybridized carbons (Fsp3) is 0.222. The summed E-state index contributed by atoms with van der Waals surface area (Å²) in [6.07, 6.45) is 1.08. The van der Waals surface area contributed by atoms with Crippen LogP contribution in [0.3, 0.4) is 0 Å². The van der Waals surface area contributed by atoms with Crippen molar-refractivity contribution in [3.05, 3.63) is 59.2 Å². The van der Waals surface area contributed by atoms with E-state index in [4.69, 9.17) is 4.74 Å². The number of carbonyl (C=O) groups is 2. The Bertz CT molecular complexity index is 881. The summed E-state index contributed by atoms with van der Waals surface area (Å²) in [6, 6.07) is 11.0. The molecule has 0 unspecified atom stereocenters. The van der Waals surface area contributed by atoms with Crippen molar-refractivity contribution in [1.82, 2.24) is 0 Å². The van der Waals surface area contributed by atoms with Crippen molar-refractivity contribution in [3.63, 3.8) is 0 Å². The van der Waals surface area contributed by atoms with Crippen molar-refractivity contribution < 1.29 is 22.7 Å². The van der Waals surface area contributed by atoms with Gasteiger partial charge in [0, 0.05) is 11.9 Å². The molecule has 2 aromatic rings. The van der Waals surface area contributed by atoms with Crippen LogP contribution in [0.25, 0.3) is 0 Å². The van der Waals surface area contributed by atoms with Crippen LogP contribution in [0.2, 0.25) is 0 Å². The molecule has 25 heavy (non-hydrogen) atoms. The number of para-hydroxylation sites is 1. The topological polar surface area (TPSA) is 89.5 Å². The van der Waals surface area contributed by atoms with E-state index < -0.39 is 28.3 Å². The van der Waals surface area contributed by atoms with Crippen LogP contribution in [0.15, 0.2) is 47.4 Å². The van der Waals surface area contributed by atoms with Crippen molar-refractivity contribution in [2.75, 3.05) is 18.2 Å². The first-order valence-electron chi connectivity index (χ1n) is 7.52. The molecule has 0 aliphatic carbocycles. The maximum atomic E-state index is 12.0. The van der Waals surface area contributed by atoms with Gasteiger partial charge in [0.15, 0.2) is 16.4 Å². The molecule has 132 valence electrons. The van der Waals surface area contributed by atoms with Crippen molar-refractivity contribution in [2.24, 2.45) is 0 Å². The Morgan fingerprint density at radius 3 is 2.08 bits per heavy atom. The maximum absolute atomic E-state index is 12.0. The predicted octanol–water partition coefficient (Wildman–Crippen LogP) is 2.50. The van der Waals surface area contributed by atoms with E-state index in [1.54, 1.807) is 0 Å². The van der Waals surface area contributed by atoms with Gasteiger partial charge >= 0.3 is 5.97 Å². The molecule has 6 nitrogen and oxygen atoms in total. The molecule has 0 fully saturated rings. The number of sulfone groups is 1. The molecule has 0 radical (unpaired) electrons. The minimum atomic E-state index is -3.33. The highest BCUT2D eigenvalue weighted by molar-refractivity contribution is 7.90. The van der Waals surface area contributed by atoms with Gasteiger partial charge < -0.3 is 10.1 Å². The molecule has 0 atom stereocenters. The van der Waals surface area contributed by atoms with Gasteiger partial charge in [0.05, 0.1) is 10.5 Å². The first-order valence-corrected chi connectivity index (χ1v) is 9.41. The second-order valence-corrected chi connectivity index (χ2v) is 7.70. The summed E-state index contributed by atoms with van der Waals surface area (Å²) < 4.78 is 27.7. The molecule has 0 aliphatic rings. The van der Waals surface area contributed by atoms with Gasteiger partial charge in [0.2, 0.25) is 0 Å². The Labute approximate surface area is 146 Å². The van der Waals surface area contributed by atoms with E-state index in [2.05, 4.69) is 5.32 Å². The summed E-state index contributed by atoms with van der Waals surface area (Å²) in [6.45, 7) is 3.32. The monoisotopic (exact) mass is 361 g/mol. The maximum Gasteiger partial charge on any atom is 0.338 e. The summed E-state index contributed by atoms with van der Waals surface area (Å²) in [5.41, 5.74) is 2.69. The van der Waals surface area contributed by atoms with Crippen LogP contribution in [-0.4, -0.2) is 33.2 Å². The lowest BCUT2D eigenvalue weighted by atomic mass is 10.1. The summed E-state index contributed by atoms with van der Waals surface area (Å²) in [5.74, 6) is -1.14. The minimum Gasteiger partial charge on any atom is -0.452 e. The van der Waals surface area contributed by atoms with Gasteiger partial charge in [-0.1, -0.05) is 18.2 Å². The van der Waals surface area contributed by atoms with Gasteiger partial charge in [0.25, 0.3) is 5.91 Å². The quantitative estimate of drug-likeness (QED) is 0.827. The van der Waals surface area contributed by atoms with E-state index in [0.717, 1.165) is 17.4 Å². The van der Waals surface area contributed by atoms with Crippen molar-refractivity contribution in [1.29, 1.82) is 0 Å². The van der Waals surface area contributed by atoms with Gasteiger partial charge in [-0.15, -0.1) is 0 Å². The largest absolute Gasteiger partial charge is 0.452 e. The fourth-order valence-corrected chi connectivity index (χ4v) is 2.87. The number of carbonyl (C=O) groups excluding carboxylic acids is 2. The van der Waals surface area contributed by atoms with Gasteiger partial charge in [-0.2, -0.15) is 0 Å². The van der Waals surface area contributed by atoms with E-state index in [0.29, 0.717) is 5.69 Å². The lowest BCUT2D eigenvalue weighted by Gasteiger charge is -2.11. The van der Waals surface area contributed by atoms with E-state index in [1.807, 2.05) is 32.0 Å². The van der Waals surface area contributed by atoms with E-state index in [-0.39, 0.29) is 10.5 Å². The van der Waals surface area contributed by atoms with Crippen LogP contribution < -0.4 is 5.32 Å². The number of nitrogens with one attached hydrogen (secondary N) is 1. The minimum absolute atomic E-state index is 0.108. The van der Waals surface area contributed by atoms with Crippen LogP contribution in [0.1, 0.15) is 21.5 Å². The zero-order valence-corrected chi connectivity index (χ0v) is 15.0. The van der Waals surface area contributed by atoms with Crippen LogP contribution >= 0.6 is 0 Å². The number of hydrogen-bond donors (Lipinski definition) is 1. The summed E-state index contributed by atoms with van der Waals surface area (Å²) >= 11 is 0. The summed E-state index contributed by atoms with van der Waals surface area (Å²) in [5, 5.41) is 2.72. The molecule has 0 aromatic heterocycles. The van der Waals surface area contributed by atoms with Crippen LogP contribution in [-0.2, 0) is 19.4 Å². The molecule has 2 rings (SSSR count). The molecule has 0 saturated carbocycles. The third-order valence-electron chi connectivity index (χ3n) is 3.60. The van der Waals surface area contributed by atoms with Crippen molar-refractivity contribution in [2.45, 2.75) is 18.7 Å². The predicted molar refractivity (Wildman–Crippen MR) is 94.4 cm³/mol. The zero-order chi connectivity index (χ0) is 18.6. The average molecular weight is 361 g/mol. The Balaban J connectivity index is 1.96. The average Bonchev–Trinajstić information content (AvgIpc) is 2.55. The van der Waals surface area contributed by atoms with Gasteiger partial charge in [-0.25, -0.2) is 13.2 Å². The molecular weight excluding hydrogens is 342 g/mol. The lowest BCUT2D eigenvalue weighted by Crippen LogP contribution is -2.21. The van der Waals surface area contributed by atoms with E-state index in [9.17, 15) is 18.0 Å². The standard InChI is InChI=1S/C18H19NO5S/c1-12-5-4-6-13(2)17(12)19-16(20)11-24-18(21)14-7-9-15(10-8-14)25(3,22)23/h4-10H,11H2,1-3H3,(H,19,20). The fourth-order valence-electron chi connectivity index (χ4n) is 2.24. The Hall–Kier alpha value is -2.67. The van der Waals surface area contributed by atoms with Gasteiger partial charge in [-0.3, -0.25) is 4.79 Å². The van der Waals surface area contributed by atoms with Crippen LogP contribution in [0, 0.1) is 13.8 Å². The normalized spacial score (nSPS) is 11.0. The molecule has 0 aliphatic heterocycles. The molecule has 0 bridgehead atoms. The number of benzene rings is 2. The van der Waals surface area contributed by atoms with Gasteiger partial charge in [-0.05, 0) is 49.2 Å². The lowest BCUT2D eigenvalue weighted by molar-refractivity contribution is -0.119. The van der Waals surface area contributed by atoms with Crippen LogP contribution in [0.4, 0.5) is 5.69 Å². The molecule has 0 heterocycles. The summed E-state index contributed by atoms with van der Waals surface area (Å²) in [7, 11) is -3.33. The highest BCUT2D eigenvalue weighted by atomic mass is 32.2. The zero-order valence-electron chi connectivity index (χ0n) is 14.2. The molecule has 7 heteroatoms. The molecule has 1 N–H and O–H groups in total. The Morgan fingerprint density at radius 2 is 1.56 bits per heavy atom. The first kappa shape index (κ1) is 18.7. The smallest absolute Gasteiger partial charge is 0.338 e. The molecule has 0 spiro atoms. The Morgan fingerprint density at radius 1 is 1.00 bits per heavy atom. The third kappa shape index (κ3) is 4.90. The highest BCUT2D eigenvalue weighted by Gasteiger charge is 2.13. The number of rotatable bonds is 5. The van der Waals surface area contributed by atoms with Crippen molar-refractivity contribution in [3.8, 4) is 0 Å². The summed E-state index contributed by atoms with van der Waals surface area (Å²) in [4.78, 5) is 24.0. The first-order chi connectivity index (χ1) is 11.7. The number of aryl methyl sites for hydroxylation is 2. The number of anilines is 1. The third-order valence-corrected chi connectivity index (χ3v) is 4.73.